The molecule has 0 atom stereocenters. The Labute approximate surface area is 149 Å². The maximum absolute atomic E-state index is 12.1. The molecule has 0 saturated heterocycles. The molecule has 1 amide bonds. The van der Waals surface area contributed by atoms with Crippen molar-refractivity contribution in [3.8, 4) is 0 Å². The highest BCUT2D eigenvalue weighted by Crippen LogP contribution is 2.22. The number of carboxylic acids is 1. The Kier molecular flexibility index (Phi) is 5.00. The number of carbonyl (C=O) groups is 2. The number of aromatic nitrogens is 3. The standard InChI is InChI=1S/C15H17N5O5S/c21-14(22)9-20-8-12(17-19-20)7-16-15(23)10-1-5-13(6-2-10)26(24,25)18-11-3-4-11/h1-2,5-6,8,11,18H,3-4,7,9H2,(H,16,23)(H,21,22). The zero-order valence-electron chi connectivity index (χ0n) is 13.6. The molecule has 11 heteroatoms. The number of rotatable bonds is 8. The van der Waals surface area contributed by atoms with Crippen molar-refractivity contribution in [2.45, 2.75) is 36.9 Å². The number of nitrogens with one attached hydrogen (secondary N) is 2. The molecular formula is C15H17N5O5S. The van der Waals surface area contributed by atoms with E-state index in [1.165, 1.54) is 30.5 Å². The van der Waals surface area contributed by atoms with Gasteiger partial charge in [-0.3, -0.25) is 9.59 Å². The Morgan fingerprint density at radius 1 is 1.23 bits per heavy atom. The molecule has 0 spiro atoms. The van der Waals surface area contributed by atoms with E-state index in [4.69, 9.17) is 5.11 Å². The van der Waals surface area contributed by atoms with E-state index in [0.29, 0.717) is 11.3 Å². The monoisotopic (exact) mass is 379 g/mol. The number of benzene rings is 1. The molecule has 1 fully saturated rings. The summed E-state index contributed by atoms with van der Waals surface area (Å²) in [5.41, 5.74) is 0.709. The molecule has 0 bridgehead atoms. The van der Waals surface area contributed by atoms with Gasteiger partial charge in [0.1, 0.15) is 12.2 Å². The van der Waals surface area contributed by atoms with Gasteiger partial charge in [0.2, 0.25) is 10.0 Å². The maximum Gasteiger partial charge on any atom is 0.325 e. The second kappa shape index (κ2) is 7.22. The first-order valence-corrected chi connectivity index (χ1v) is 9.33. The van der Waals surface area contributed by atoms with Gasteiger partial charge in [-0.25, -0.2) is 17.8 Å². The lowest BCUT2D eigenvalue weighted by molar-refractivity contribution is -0.137. The number of nitrogens with zero attached hydrogens (tertiary/aromatic N) is 3. The largest absolute Gasteiger partial charge is 0.480 e. The predicted molar refractivity (Wildman–Crippen MR) is 88.6 cm³/mol. The van der Waals surface area contributed by atoms with Gasteiger partial charge < -0.3 is 10.4 Å². The predicted octanol–water partition coefficient (Wildman–Crippen LogP) is -0.267. The van der Waals surface area contributed by atoms with Crippen LogP contribution in [0.25, 0.3) is 0 Å². The van der Waals surface area contributed by atoms with Crippen LogP contribution in [0.1, 0.15) is 28.9 Å². The minimum absolute atomic E-state index is 0.0116. The smallest absolute Gasteiger partial charge is 0.325 e. The fourth-order valence-corrected chi connectivity index (χ4v) is 3.49. The Balaban J connectivity index is 1.57. The lowest BCUT2D eigenvalue weighted by Gasteiger charge is -2.07. The van der Waals surface area contributed by atoms with Gasteiger partial charge in [0.15, 0.2) is 0 Å². The SMILES string of the molecule is O=C(O)Cn1cc(CNC(=O)c2ccc(S(=O)(=O)NC3CC3)cc2)nn1. The van der Waals surface area contributed by atoms with E-state index < -0.39 is 21.9 Å². The minimum Gasteiger partial charge on any atom is -0.480 e. The number of sulfonamides is 1. The fraction of sp³-hybridized carbons (Fsp3) is 0.333. The highest BCUT2D eigenvalue weighted by Gasteiger charge is 2.27. The summed E-state index contributed by atoms with van der Waals surface area (Å²) in [5.74, 6) is -1.45. The van der Waals surface area contributed by atoms with E-state index in [0.717, 1.165) is 17.5 Å². The number of hydrogen-bond donors (Lipinski definition) is 3. The molecule has 138 valence electrons. The van der Waals surface area contributed by atoms with Crippen LogP contribution >= 0.6 is 0 Å². The summed E-state index contributed by atoms with van der Waals surface area (Å²) in [6.07, 6.45) is 3.11. The van der Waals surface area contributed by atoms with Gasteiger partial charge in [-0.15, -0.1) is 5.10 Å². The van der Waals surface area contributed by atoms with Crippen LogP contribution in [0.4, 0.5) is 0 Å². The topological polar surface area (TPSA) is 143 Å². The summed E-state index contributed by atoms with van der Waals surface area (Å²) in [4.78, 5) is 22.8. The molecule has 0 radical (unpaired) electrons. The third-order valence-electron chi connectivity index (χ3n) is 3.64. The summed E-state index contributed by atoms with van der Waals surface area (Å²) in [6, 6.07) is 5.62. The van der Waals surface area contributed by atoms with Crippen molar-refractivity contribution in [1.29, 1.82) is 0 Å². The van der Waals surface area contributed by atoms with Crippen molar-refractivity contribution in [3.05, 3.63) is 41.7 Å². The first-order valence-electron chi connectivity index (χ1n) is 7.85. The number of aliphatic carboxylic acids is 1. The Morgan fingerprint density at radius 2 is 1.92 bits per heavy atom. The first kappa shape index (κ1) is 18.0. The van der Waals surface area contributed by atoms with Gasteiger partial charge in [0.25, 0.3) is 5.91 Å². The van der Waals surface area contributed by atoms with E-state index >= 15 is 0 Å². The number of hydrogen-bond acceptors (Lipinski definition) is 6. The molecule has 26 heavy (non-hydrogen) atoms. The van der Waals surface area contributed by atoms with Crippen LogP contribution in [0.2, 0.25) is 0 Å². The Bertz CT molecular complexity index is 918. The van der Waals surface area contributed by atoms with Crippen LogP contribution in [0.15, 0.2) is 35.4 Å². The van der Waals surface area contributed by atoms with Crippen molar-refractivity contribution < 1.29 is 23.1 Å². The number of carboxylic acid groups (broad SMARTS) is 1. The molecule has 0 aliphatic heterocycles. The van der Waals surface area contributed by atoms with Gasteiger partial charge in [-0.05, 0) is 37.1 Å². The summed E-state index contributed by atoms with van der Waals surface area (Å²) in [5, 5.41) is 18.7. The second-order valence-electron chi connectivity index (χ2n) is 5.90. The maximum atomic E-state index is 12.1. The molecule has 2 aromatic rings. The highest BCUT2D eigenvalue weighted by atomic mass is 32.2. The quantitative estimate of drug-likeness (QED) is 0.573. The first-order chi connectivity index (χ1) is 12.3. The molecule has 0 unspecified atom stereocenters. The van der Waals surface area contributed by atoms with E-state index in [-0.39, 0.29) is 24.0 Å². The van der Waals surface area contributed by atoms with Gasteiger partial charge in [0.05, 0.1) is 17.6 Å². The number of amides is 1. The third kappa shape index (κ3) is 4.64. The van der Waals surface area contributed by atoms with Crippen molar-refractivity contribution in [3.63, 3.8) is 0 Å². The van der Waals surface area contributed by atoms with Crippen LogP contribution in [0, 0.1) is 0 Å². The molecule has 1 aliphatic carbocycles. The number of carbonyl (C=O) groups excluding carboxylic acids is 1. The second-order valence-corrected chi connectivity index (χ2v) is 7.62. The molecule has 3 N–H and O–H groups in total. The average Bonchev–Trinajstić information content (AvgIpc) is 3.28. The van der Waals surface area contributed by atoms with Crippen LogP contribution in [-0.2, 0) is 27.9 Å². The molecular weight excluding hydrogens is 362 g/mol. The Morgan fingerprint density at radius 3 is 2.54 bits per heavy atom. The third-order valence-corrected chi connectivity index (χ3v) is 5.18. The normalized spacial score (nSPS) is 14.2. The molecule has 3 rings (SSSR count). The summed E-state index contributed by atoms with van der Waals surface area (Å²) >= 11 is 0. The van der Waals surface area contributed by atoms with Crippen molar-refractivity contribution in [2.24, 2.45) is 0 Å². The molecule has 1 aliphatic rings. The summed E-state index contributed by atoms with van der Waals surface area (Å²) in [7, 11) is -3.55. The van der Waals surface area contributed by atoms with Crippen LogP contribution in [0.5, 0.6) is 0 Å². The van der Waals surface area contributed by atoms with Crippen molar-refractivity contribution in [2.75, 3.05) is 0 Å². The average molecular weight is 379 g/mol. The minimum atomic E-state index is -3.55. The highest BCUT2D eigenvalue weighted by molar-refractivity contribution is 7.89. The van der Waals surface area contributed by atoms with Crippen LogP contribution in [-0.4, -0.2) is 46.4 Å². The lowest BCUT2D eigenvalue weighted by atomic mass is 10.2. The van der Waals surface area contributed by atoms with E-state index in [2.05, 4.69) is 20.4 Å². The fourth-order valence-electron chi connectivity index (χ4n) is 2.18. The Hall–Kier alpha value is -2.79. The zero-order chi connectivity index (χ0) is 18.7. The van der Waals surface area contributed by atoms with Crippen molar-refractivity contribution in [1.82, 2.24) is 25.0 Å². The van der Waals surface area contributed by atoms with E-state index in [9.17, 15) is 18.0 Å². The van der Waals surface area contributed by atoms with E-state index in [1.807, 2.05) is 0 Å². The molecule has 1 saturated carbocycles. The van der Waals surface area contributed by atoms with Gasteiger partial charge >= 0.3 is 5.97 Å². The summed E-state index contributed by atoms with van der Waals surface area (Å²) in [6.45, 7) is -0.243. The summed E-state index contributed by atoms with van der Waals surface area (Å²) < 4.78 is 27.9. The molecule has 1 heterocycles. The molecule has 1 aromatic carbocycles. The van der Waals surface area contributed by atoms with Crippen LogP contribution in [0.3, 0.4) is 0 Å². The molecule has 10 nitrogen and oxygen atoms in total. The van der Waals surface area contributed by atoms with Gasteiger partial charge in [-0.1, -0.05) is 5.21 Å². The van der Waals surface area contributed by atoms with Gasteiger partial charge in [-0.2, -0.15) is 0 Å². The van der Waals surface area contributed by atoms with Crippen molar-refractivity contribution >= 4 is 21.9 Å². The lowest BCUT2D eigenvalue weighted by Crippen LogP contribution is -2.26. The molecule has 1 aromatic heterocycles. The zero-order valence-corrected chi connectivity index (χ0v) is 14.4. The van der Waals surface area contributed by atoms with E-state index in [1.54, 1.807) is 0 Å². The van der Waals surface area contributed by atoms with Gasteiger partial charge in [0, 0.05) is 11.6 Å². The van der Waals surface area contributed by atoms with Crippen LogP contribution < -0.4 is 10.0 Å².